The Morgan fingerprint density at radius 1 is 1.42 bits per heavy atom. The maximum absolute atomic E-state index is 11.5. The average molecular weight is 266 g/mol. The van der Waals surface area contributed by atoms with E-state index in [9.17, 15) is 4.79 Å². The molecule has 0 aliphatic rings. The summed E-state index contributed by atoms with van der Waals surface area (Å²) in [4.78, 5) is 20.1. The van der Waals surface area contributed by atoms with E-state index in [1.165, 1.54) is 0 Å². The molecule has 0 unspecified atom stereocenters. The fraction of sp³-hybridized carbons (Fsp3) is 0.615. The van der Waals surface area contributed by atoms with Gasteiger partial charge >= 0.3 is 0 Å². The van der Waals surface area contributed by atoms with Gasteiger partial charge in [0.15, 0.2) is 0 Å². The number of hydrogen-bond donors (Lipinski definition) is 2. The van der Waals surface area contributed by atoms with Gasteiger partial charge in [-0.25, -0.2) is 9.97 Å². The minimum absolute atomic E-state index is 0.103. The lowest BCUT2D eigenvalue weighted by Crippen LogP contribution is -2.32. The molecule has 1 aromatic heterocycles. The van der Waals surface area contributed by atoms with E-state index in [0.717, 1.165) is 11.4 Å². The molecule has 0 saturated carbocycles. The van der Waals surface area contributed by atoms with Crippen LogP contribution < -0.4 is 10.6 Å². The predicted molar refractivity (Wildman–Crippen MR) is 74.2 cm³/mol. The number of aromatic nitrogens is 2. The van der Waals surface area contributed by atoms with Crippen LogP contribution in [0.5, 0.6) is 0 Å². The van der Waals surface area contributed by atoms with Crippen molar-refractivity contribution in [1.29, 1.82) is 0 Å². The van der Waals surface area contributed by atoms with Gasteiger partial charge in [-0.15, -0.1) is 0 Å². The first-order valence-corrected chi connectivity index (χ1v) is 6.38. The Morgan fingerprint density at radius 2 is 2.16 bits per heavy atom. The number of ether oxygens (including phenoxy) is 1. The zero-order valence-electron chi connectivity index (χ0n) is 12.0. The Labute approximate surface area is 114 Å². The number of nitrogens with one attached hydrogen (secondary N) is 2. The Hall–Kier alpha value is -1.69. The molecule has 0 bridgehead atoms. The monoisotopic (exact) mass is 266 g/mol. The van der Waals surface area contributed by atoms with Crippen molar-refractivity contribution in [3.05, 3.63) is 17.5 Å². The lowest BCUT2D eigenvalue weighted by Gasteiger charge is -2.10. The van der Waals surface area contributed by atoms with Gasteiger partial charge in [0.2, 0.25) is 11.9 Å². The number of aryl methyl sites for hydroxylation is 1. The van der Waals surface area contributed by atoms with E-state index in [-0.39, 0.29) is 12.5 Å². The van der Waals surface area contributed by atoms with Gasteiger partial charge in [-0.2, -0.15) is 0 Å². The van der Waals surface area contributed by atoms with E-state index in [4.69, 9.17) is 4.74 Å². The highest BCUT2D eigenvalue weighted by molar-refractivity contribution is 5.80. The standard InChI is InChI=1S/C13H22N4O2/c1-9(2)11-7-10(3)16-13(17-11)15-8-12(18)14-5-6-19-4/h7,9H,5-6,8H2,1-4H3,(H,14,18)(H,15,16,17). The molecule has 1 rings (SSSR count). The van der Waals surface area contributed by atoms with Gasteiger partial charge in [0.05, 0.1) is 13.2 Å². The van der Waals surface area contributed by atoms with Crippen molar-refractivity contribution in [2.45, 2.75) is 26.7 Å². The van der Waals surface area contributed by atoms with Crippen molar-refractivity contribution in [3.8, 4) is 0 Å². The molecule has 0 aromatic carbocycles. The fourth-order valence-electron chi connectivity index (χ4n) is 1.48. The number of rotatable bonds is 7. The van der Waals surface area contributed by atoms with Gasteiger partial charge in [-0.3, -0.25) is 4.79 Å². The van der Waals surface area contributed by atoms with Crippen molar-refractivity contribution in [2.75, 3.05) is 32.1 Å². The molecule has 2 N–H and O–H groups in total. The number of amides is 1. The molecule has 0 aliphatic heterocycles. The third-order valence-corrected chi connectivity index (χ3v) is 2.50. The van der Waals surface area contributed by atoms with Gasteiger partial charge in [-0.05, 0) is 18.9 Å². The van der Waals surface area contributed by atoms with Crippen molar-refractivity contribution >= 4 is 11.9 Å². The molecule has 19 heavy (non-hydrogen) atoms. The first kappa shape index (κ1) is 15.4. The second-order valence-electron chi connectivity index (χ2n) is 4.61. The Bertz CT molecular complexity index is 421. The molecule has 1 aromatic rings. The van der Waals surface area contributed by atoms with Gasteiger partial charge in [0.25, 0.3) is 0 Å². The zero-order chi connectivity index (χ0) is 14.3. The SMILES string of the molecule is COCCNC(=O)CNc1nc(C)cc(C(C)C)n1. The van der Waals surface area contributed by atoms with Gasteiger partial charge in [0, 0.05) is 25.0 Å². The van der Waals surface area contributed by atoms with Gasteiger partial charge in [0.1, 0.15) is 0 Å². The van der Waals surface area contributed by atoms with E-state index in [1.807, 2.05) is 13.0 Å². The molecule has 0 fully saturated rings. The molecule has 6 heteroatoms. The summed E-state index contributed by atoms with van der Waals surface area (Å²) in [6.45, 7) is 7.22. The molecule has 0 saturated heterocycles. The third kappa shape index (κ3) is 5.65. The van der Waals surface area contributed by atoms with E-state index < -0.39 is 0 Å². The molecule has 0 atom stereocenters. The summed E-state index contributed by atoms with van der Waals surface area (Å²) < 4.78 is 4.85. The fourth-order valence-corrected chi connectivity index (χ4v) is 1.48. The molecular formula is C13H22N4O2. The van der Waals surface area contributed by atoms with Crippen LogP contribution in [-0.4, -0.2) is 42.7 Å². The molecular weight excluding hydrogens is 244 g/mol. The average Bonchev–Trinajstić information content (AvgIpc) is 2.36. The number of methoxy groups -OCH3 is 1. The summed E-state index contributed by atoms with van der Waals surface area (Å²) >= 11 is 0. The highest BCUT2D eigenvalue weighted by Gasteiger charge is 2.07. The highest BCUT2D eigenvalue weighted by Crippen LogP contribution is 2.14. The molecule has 0 radical (unpaired) electrons. The number of hydrogen-bond acceptors (Lipinski definition) is 5. The van der Waals surface area contributed by atoms with Gasteiger partial charge in [-0.1, -0.05) is 13.8 Å². The normalized spacial score (nSPS) is 10.6. The first-order chi connectivity index (χ1) is 9.02. The van der Waals surface area contributed by atoms with Crippen molar-refractivity contribution < 1.29 is 9.53 Å². The summed E-state index contributed by atoms with van der Waals surface area (Å²) in [5.74, 6) is 0.719. The van der Waals surface area contributed by atoms with Crippen molar-refractivity contribution in [1.82, 2.24) is 15.3 Å². The maximum atomic E-state index is 11.5. The van der Waals surface area contributed by atoms with E-state index in [0.29, 0.717) is 25.0 Å². The summed E-state index contributed by atoms with van der Waals surface area (Å²) in [6.07, 6.45) is 0. The number of nitrogens with zero attached hydrogens (tertiary/aromatic N) is 2. The van der Waals surface area contributed by atoms with Crippen LogP contribution in [0.2, 0.25) is 0 Å². The van der Waals surface area contributed by atoms with Crippen LogP contribution in [0.1, 0.15) is 31.2 Å². The second kappa shape index (κ2) is 7.68. The molecule has 6 nitrogen and oxygen atoms in total. The smallest absolute Gasteiger partial charge is 0.239 e. The minimum Gasteiger partial charge on any atom is -0.383 e. The van der Waals surface area contributed by atoms with Crippen LogP contribution in [-0.2, 0) is 9.53 Å². The van der Waals surface area contributed by atoms with E-state index in [2.05, 4.69) is 34.4 Å². The molecule has 0 aliphatic carbocycles. The molecule has 0 spiro atoms. The lowest BCUT2D eigenvalue weighted by atomic mass is 10.1. The lowest BCUT2D eigenvalue weighted by molar-refractivity contribution is -0.119. The topological polar surface area (TPSA) is 76.1 Å². The minimum atomic E-state index is -0.103. The van der Waals surface area contributed by atoms with Crippen LogP contribution >= 0.6 is 0 Å². The number of carbonyl (C=O) groups is 1. The zero-order valence-corrected chi connectivity index (χ0v) is 12.0. The Morgan fingerprint density at radius 3 is 2.79 bits per heavy atom. The Balaban J connectivity index is 2.50. The second-order valence-corrected chi connectivity index (χ2v) is 4.61. The van der Waals surface area contributed by atoms with Crippen molar-refractivity contribution in [3.63, 3.8) is 0 Å². The van der Waals surface area contributed by atoms with E-state index in [1.54, 1.807) is 7.11 Å². The van der Waals surface area contributed by atoms with Crippen LogP contribution in [0.3, 0.4) is 0 Å². The van der Waals surface area contributed by atoms with Crippen LogP contribution in [0, 0.1) is 6.92 Å². The largest absolute Gasteiger partial charge is 0.383 e. The summed E-state index contributed by atoms with van der Waals surface area (Å²) in [5, 5.41) is 5.66. The predicted octanol–water partition coefficient (Wildman–Crippen LogP) is 1.08. The van der Waals surface area contributed by atoms with Crippen LogP contribution in [0.4, 0.5) is 5.95 Å². The van der Waals surface area contributed by atoms with Crippen molar-refractivity contribution in [2.24, 2.45) is 0 Å². The first-order valence-electron chi connectivity index (χ1n) is 6.38. The molecule has 1 amide bonds. The number of carbonyl (C=O) groups excluding carboxylic acids is 1. The summed E-state index contributed by atoms with van der Waals surface area (Å²) in [7, 11) is 1.60. The Kier molecular flexibility index (Phi) is 6.21. The number of anilines is 1. The van der Waals surface area contributed by atoms with Crippen LogP contribution in [0.25, 0.3) is 0 Å². The highest BCUT2D eigenvalue weighted by atomic mass is 16.5. The van der Waals surface area contributed by atoms with Gasteiger partial charge < -0.3 is 15.4 Å². The maximum Gasteiger partial charge on any atom is 0.239 e. The summed E-state index contributed by atoms with van der Waals surface area (Å²) in [6, 6.07) is 1.95. The molecule has 106 valence electrons. The third-order valence-electron chi connectivity index (χ3n) is 2.50. The quantitative estimate of drug-likeness (QED) is 0.722. The van der Waals surface area contributed by atoms with Crippen LogP contribution in [0.15, 0.2) is 6.07 Å². The summed E-state index contributed by atoms with van der Waals surface area (Å²) in [5.41, 5.74) is 1.86. The van der Waals surface area contributed by atoms with E-state index >= 15 is 0 Å². The molecule has 1 heterocycles.